The lowest BCUT2D eigenvalue weighted by atomic mass is 10.1. The van der Waals surface area contributed by atoms with Gasteiger partial charge in [0.15, 0.2) is 0 Å². The standard InChI is InChI=1S/C9H18N2O2/c1-13-9(12)6-11-5-7-2-3-8(10)4-7/h7-8,11H,2-6,10H2,1H3/t7-,8+/m1/s1. The lowest BCUT2D eigenvalue weighted by Gasteiger charge is -2.09. The van der Waals surface area contributed by atoms with E-state index in [1.807, 2.05) is 0 Å². The van der Waals surface area contributed by atoms with Crippen molar-refractivity contribution in [3.05, 3.63) is 0 Å². The number of carbonyl (C=O) groups is 1. The van der Waals surface area contributed by atoms with E-state index >= 15 is 0 Å². The fraction of sp³-hybridized carbons (Fsp3) is 0.889. The zero-order chi connectivity index (χ0) is 9.68. The van der Waals surface area contributed by atoms with E-state index in [0.717, 1.165) is 19.4 Å². The average molecular weight is 186 g/mol. The zero-order valence-electron chi connectivity index (χ0n) is 8.08. The molecule has 0 amide bonds. The molecule has 4 nitrogen and oxygen atoms in total. The van der Waals surface area contributed by atoms with Crippen LogP contribution in [0.1, 0.15) is 19.3 Å². The number of hydrogen-bond acceptors (Lipinski definition) is 4. The van der Waals surface area contributed by atoms with Crippen LogP contribution in [0.4, 0.5) is 0 Å². The molecule has 0 radical (unpaired) electrons. The smallest absolute Gasteiger partial charge is 0.319 e. The number of methoxy groups -OCH3 is 1. The van der Waals surface area contributed by atoms with Gasteiger partial charge in [0.1, 0.15) is 0 Å². The maximum absolute atomic E-state index is 10.7. The molecule has 2 atom stereocenters. The van der Waals surface area contributed by atoms with Crippen molar-refractivity contribution in [1.29, 1.82) is 0 Å². The van der Waals surface area contributed by atoms with Gasteiger partial charge in [-0.1, -0.05) is 0 Å². The van der Waals surface area contributed by atoms with E-state index in [4.69, 9.17) is 5.73 Å². The van der Waals surface area contributed by atoms with Gasteiger partial charge in [0, 0.05) is 6.04 Å². The fourth-order valence-corrected chi connectivity index (χ4v) is 1.75. The Bertz CT molecular complexity index is 173. The molecule has 0 saturated heterocycles. The predicted molar refractivity (Wildman–Crippen MR) is 50.2 cm³/mol. The summed E-state index contributed by atoms with van der Waals surface area (Å²) in [6.45, 7) is 1.19. The van der Waals surface area contributed by atoms with Crippen molar-refractivity contribution in [2.24, 2.45) is 11.7 Å². The van der Waals surface area contributed by atoms with E-state index in [2.05, 4.69) is 10.1 Å². The molecule has 0 aromatic heterocycles. The number of hydrogen-bond donors (Lipinski definition) is 2. The lowest BCUT2D eigenvalue weighted by molar-refractivity contribution is -0.139. The van der Waals surface area contributed by atoms with Crippen LogP contribution >= 0.6 is 0 Å². The van der Waals surface area contributed by atoms with Gasteiger partial charge in [-0.2, -0.15) is 0 Å². The Hall–Kier alpha value is -0.610. The summed E-state index contributed by atoms with van der Waals surface area (Å²) in [6, 6.07) is 0.366. The van der Waals surface area contributed by atoms with E-state index in [-0.39, 0.29) is 5.97 Å². The third kappa shape index (κ3) is 3.74. The van der Waals surface area contributed by atoms with Gasteiger partial charge in [-0.25, -0.2) is 0 Å². The summed E-state index contributed by atoms with van der Waals surface area (Å²) in [5.74, 6) is 0.432. The maximum Gasteiger partial charge on any atom is 0.319 e. The molecule has 1 aliphatic carbocycles. The second kappa shape index (κ2) is 5.19. The second-order valence-corrected chi connectivity index (χ2v) is 3.65. The van der Waals surface area contributed by atoms with Crippen LogP contribution in [-0.4, -0.2) is 32.2 Å². The minimum absolute atomic E-state index is 0.206. The molecular weight excluding hydrogens is 168 g/mol. The molecule has 0 bridgehead atoms. The topological polar surface area (TPSA) is 64.3 Å². The first-order valence-electron chi connectivity index (χ1n) is 4.75. The van der Waals surface area contributed by atoms with Crippen molar-refractivity contribution in [1.82, 2.24) is 5.32 Å². The summed E-state index contributed by atoms with van der Waals surface area (Å²) in [6.07, 6.45) is 3.37. The number of carbonyl (C=O) groups excluding carboxylic acids is 1. The molecule has 3 N–H and O–H groups in total. The van der Waals surface area contributed by atoms with Crippen LogP contribution in [0.5, 0.6) is 0 Å². The Morgan fingerprint density at radius 2 is 2.38 bits per heavy atom. The molecule has 76 valence electrons. The minimum atomic E-state index is -0.206. The Balaban J connectivity index is 2.03. The number of esters is 1. The summed E-state index contributed by atoms with van der Waals surface area (Å²) in [7, 11) is 1.40. The van der Waals surface area contributed by atoms with Crippen LogP contribution in [-0.2, 0) is 9.53 Å². The van der Waals surface area contributed by atoms with Crippen molar-refractivity contribution < 1.29 is 9.53 Å². The highest BCUT2D eigenvalue weighted by Gasteiger charge is 2.21. The van der Waals surface area contributed by atoms with Crippen molar-refractivity contribution in [2.75, 3.05) is 20.2 Å². The highest BCUT2D eigenvalue weighted by atomic mass is 16.5. The van der Waals surface area contributed by atoms with E-state index in [9.17, 15) is 4.79 Å². The van der Waals surface area contributed by atoms with Crippen LogP contribution in [0.3, 0.4) is 0 Å². The molecule has 13 heavy (non-hydrogen) atoms. The van der Waals surface area contributed by atoms with Gasteiger partial charge in [0.25, 0.3) is 0 Å². The summed E-state index contributed by atoms with van der Waals surface area (Å²) in [5, 5.41) is 3.07. The number of rotatable bonds is 4. The number of ether oxygens (including phenoxy) is 1. The van der Waals surface area contributed by atoms with E-state index < -0.39 is 0 Å². The minimum Gasteiger partial charge on any atom is -0.468 e. The van der Waals surface area contributed by atoms with Crippen LogP contribution in [0, 0.1) is 5.92 Å². The molecule has 1 saturated carbocycles. The van der Waals surface area contributed by atoms with E-state index in [1.54, 1.807) is 0 Å². The normalized spacial score (nSPS) is 27.5. The van der Waals surface area contributed by atoms with Crippen molar-refractivity contribution in [3.8, 4) is 0 Å². The predicted octanol–water partition coefficient (Wildman–Crippen LogP) is -0.124. The highest BCUT2D eigenvalue weighted by molar-refractivity contribution is 5.71. The first-order valence-corrected chi connectivity index (χ1v) is 4.75. The largest absolute Gasteiger partial charge is 0.468 e. The van der Waals surface area contributed by atoms with Crippen molar-refractivity contribution in [3.63, 3.8) is 0 Å². The molecule has 0 aromatic rings. The molecule has 0 aliphatic heterocycles. The van der Waals surface area contributed by atoms with Crippen LogP contribution < -0.4 is 11.1 Å². The van der Waals surface area contributed by atoms with Crippen LogP contribution in [0.25, 0.3) is 0 Å². The summed E-state index contributed by atoms with van der Waals surface area (Å²) in [4.78, 5) is 10.7. The van der Waals surface area contributed by atoms with E-state index in [1.165, 1.54) is 13.5 Å². The molecule has 1 aliphatic rings. The number of nitrogens with one attached hydrogen (secondary N) is 1. The van der Waals surface area contributed by atoms with Gasteiger partial charge >= 0.3 is 5.97 Å². The van der Waals surface area contributed by atoms with Crippen LogP contribution in [0.15, 0.2) is 0 Å². The molecule has 4 heteroatoms. The number of nitrogens with two attached hydrogens (primary N) is 1. The zero-order valence-corrected chi connectivity index (χ0v) is 8.08. The van der Waals surface area contributed by atoms with Crippen molar-refractivity contribution >= 4 is 5.97 Å². The monoisotopic (exact) mass is 186 g/mol. The molecule has 0 heterocycles. The third-order valence-corrected chi connectivity index (χ3v) is 2.51. The third-order valence-electron chi connectivity index (χ3n) is 2.51. The second-order valence-electron chi connectivity index (χ2n) is 3.65. The summed E-state index contributed by atoms with van der Waals surface area (Å²) in [5.41, 5.74) is 5.76. The Morgan fingerprint density at radius 3 is 2.92 bits per heavy atom. The SMILES string of the molecule is COC(=O)CNC[C@@H]1CC[C@H](N)C1. The fourth-order valence-electron chi connectivity index (χ4n) is 1.75. The quantitative estimate of drug-likeness (QED) is 0.601. The Morgan fingerprint density at radius 1 is 1.62 bits per heavy atom. The highest BCUT2D eigenvalue weighted by Crippen LogP contribution is 2.22. The van der Waals surface area contributed by atoms with Gasteiger partial charge in [-0.15, -0.1) is 0 Å². The lowest BCUT2D eigenvalue weighted by Crippen LogP contribution is -2.28. The van der Waals surface area contributed by atoms with Gasteiger partial charge in [-0.3, -0.25) is 4.79 Å². The first-order chi connectivity index (χ1) is 6.22. The van der Waals surface area contributed by atoms with E-state index in [0.29, 0.717) is 18.5 Å². The average Bonchev–Trinajstić information content (AvgIpc) is 2.51. The summed E-state index contributed by atoms with van der Waals surface area (Å²) < 4.78 is 4.51. The Labute approximate surface area is 78.8 Å². The van der Waals surface area contributed by atoms with Gasteiger partial charge in [0.05, 0.1) is 13.7 Å². The molecule has 0 spiro atoms. The van der Waals surface area contributed by atoms with Gasteiger partial charge < -0.3 is 15.8 Å². The maximum atomic E-state index is 10.7. The molecule has 0 aromatic carbocycles. The summed E-state index contributed by atoms with van der Waals surface area (Å²) >= 11 is 0. The first kappa shape index (κ1) is 10.5. The van der Waals surface area contributed by atoms with Crippen LogP contribution in [0.2, 0.25) is 0 Å². The molecule has 1 fully saturated rings. The molecule has 1 rings (SSSR count). The molecular formula is C9H18N2O2. The molecule has 0 unspecified atom stereocenters. The Kier molecular flexibility index (Phi) is 4.18. The van der Waals surface area contributed by atoms with Gasteiger partial charge in [-0.05, 0) is 31.7 Å². The van der Waals surface area contributed by atoms with Gasteiger partial charge in [0.2, 0.25) is 0 Å². The van der Waals surface area contributed by atoms with Crippen molar-refractivity contribution in [2.45, 2.75) is 25.3 Å².